The first-order valence-electron chi connectivity index (χ1n) is 5.85. The van der Waals surface area contributed by atoms with E-state index in [0.717, 1.165) is 19.4 Å². The van der Waals surface area contributed by atoms with Gasteiger partial charge in [-0.25, -0.2) is 0 Å². The van der Waals surface area contributed by atoms with Gasteiger partial charge in [-0.2, -0.15) is 0 Å². The largest absolute Gasteiger partial charge is 0.508 e. The van der Waals surface area contributed by atoms with Crippen LogP contribution in [0.5, 0.6) is 5.75 Å². The molecular weight excluding hydrogens is 318 g/mol. The fraction of sp³-hybridized carbons (Fsp3) is 0.462. The van der Waals surface area contributed by atoms with Gasteiger partial charge < -0.3 is 10.0 Å². The average Bonchev–Trinajstić information content (AvgIpc) is 2.29. The molecule has 1 aromatic carbocycles. The van der Waals surface area contributed by atoms with Crippen molar-refractivity contribution in [2.75, 3.05) is 13.6 Å². The number of alkyl halides is 1. The van der Waals surface area contributed by atoms with Crippen LogP contribution in [0.1, 0.15) is 23.2 Å². The lowest BCUT2D eigenvalue weighted by atomic mass is 9.85. The van der Waals surface area contributed by atoms with Crippen LogP contribution >= 0.6 is 27.5 Å². The molecule has 2 rings (SSSR count). The highest BCUT2D eigenvalue weighted by molar-refractivity contribution is 9.09. The molecule has 1 aliphatic rings. The molecule has 5 heteroatoms. The highest BCUT2D eigenvalue weighted by atomic mass is 79.9. The molecule has 1 amide bonds. The molecular formula is C13H15BrClNO2. The molecule has 1 N–H and O–H groups in total. The van der Waals surface area contributed by atoms with E-state index in [-0.39, 0.29) is 11.7 Å². The molecule has 3 nitrogen and oxygen atoms in total. The van der Waals surface area contributed by atoms with Crippen LogP contribution in [0.3, 0.4) is 0 Å². The molecule has 0 saturated heterocycles. The van der Waals surface area contributed by atoms with Crippen molar-refractivity contribution < 1.29 is 9.90 Å². The van der Waals surface area contributed by atoms with Crippen molar-refractivity contribution in [3.63, 3.8) is 0 Å². The van der Waals surface area contributed by atoms with E-state index >= 15 is 0 Å². The number of benzene rings is 1. The van der Waals surface area contributed by atoms with E-state index < -0.39 is 0 Å². The van der Waals surface area contributed by atoms with E-state index in [0.29, 0.717) is 21.3 Å². The van der Waals surface area contributed by atoms with Gasteiger partial charge in [0.2, 0.25) is 0 Å². The van der Waals surface area contributed by atoms with Gasteiger partial charge in [0.25, 0.3) is 5.91 Å². The number of amides is 1. The molecule has 1 aliphatic carbocycles. The second kappa shape index (κ2) is 5.49. The Morgan fingerprint density at radius 1 is 1.56 bits per heavy atom. The molecule has 0 heterocycles. The predicted molar refractivity (Wildman–Crippen MR) is 75.5 cm³/mol. The molecule has 1 fully saturated rings. The van der Waals surface area contributed by atoms with Gasteiger partial charge in [0.05, 0.1) is 10.6 Å². The van der Waals surface area contributed by atoms with Crippen molar-refractivity contribution in [3.8, 4) is 5.75 Å². The third-order valence-corrected chi connectivity index (χ3v) is 4.31. The highest BCUT2D eigenvalue weighted by Gasteiger charge is 2.29. The van der Waals surface area contributed by atoms with Crippen LogP contribution in [0.25, 0.3) is 0 Å². The van der Waals surface area contributed by atoms with Crippen LogP contribution in [0, 0.1) is 5.92 Å². The zero-order valence-electron chi connectivity index (χ0n) is 10.1. The second-order valence-corrected chi connectivity index (χ2v) is 6.49. The van der Waals surface area contributed by atoms with Crippen molar-refractivity contribution in [3.05, 3.63) is 28.8 Å². The molecule has 0 aliphatic heterocycles. The van der Waals surface area contributed by atoms with Crippen molar-refractivity contribution in [2.45, 2.75) is 17.7 Å². The van der Waals surface area contributed by atoms with Gasteiger partial charge in [-0.15, -0.1) is 0 Å². The summed E-state index contributed by atoms with van der Waals surface area (Å²) >= 11 is 9.51. The van der Waals surface area contributed by atoms with Gasteiger partial charge >= 0.3 is 0 Å². The maximum absolute atomic E-state index is 12.2. The molecule has 0 bridgehead atoms. The molecule has 0 atom stereocenters. The van der Waals surface area contributed by atoms with Crippen molar-refractivity contribution in [2.24, 2.45) is 5.92 Å². The van der Waals surface area contributed by atoms with Crippen LogP contribution in [0.15, 0.2) is 18.2 Å². The zero-order valence-corrected chi connectivity index (χ0v) is 12.4. The number of aromatic hydroxyl groups is 1. The van der Waals surface area contributed by atoms with Gasteiger partial charge in [-0.1, -0.05) is 27.5 Å². The third-order valence-electron chi connectivity index (χ3n) is 3.24. The number of nitrogens with zero attached hydrogens (tertiary/aromatic N) is 1. The number of carbonyl (C=O) groups is 1. The Kier molecular flexibility index (Phi) is 4.17. The van der Waals surface area contributed by atoms with Crippen molar-refractivity contribution in [1.82, 2.24) is 4.90 Å². The first-order chi connectivity index (χ1) is 8.47. The van der Waals surface area contributed by atoms with Crippen LogP contribution in [-0.4, -0.2) is 34.3 Å². The third kappa shape index (κ3) is 2.98. The second-order valence-electron chi connectivity index (χ2n) is 4.78. The molecule has 0 spiro atoms. The van der Waals surface area contributed by atoms with Crippen molar-refractivity contribution >= 4 is 33.4 Å². The van der Waals surface area contributed by atoms with Gasteiger partial charge in [-0.05, 0) is 37.0 Å². The topological polar surface area (TPSA) is 40.5 Å². The minimum absolute atomic E-state index is 0.0558. The minimum Gasteiger partial charge on any atom is -0.508 e. The van der Waals surface area contributed by atoms with Crippen LogP contribution in [0.2, 0.25) is 5.02 Å². The minimum atomic E-state index is -0.145. The summed E-state index contributed by atoms with van der Waals surface area (Å²) in [5.74, 6) is 0.466. The predicted octanol–water partition coefficient (Wildman–Crippen LogP) is 3.29. The van der Waals surface area contributed by atoms with Gasteiger partial charge in [0.15, 0.2) is 0 Å². The van der Waals surface area contributed by atoms with Crippen LogP contribution in [-0.2, 0) is 0 Å². The summed E-state index contributed by atoms with van der Waals surface area (Å²) in [7, 11) is 1.77. The fourth-order valence-corrected chi connectivity index (χ4v) is 3.41. The summed E-state index contributed by atoms with van der Waals surface area (Å²) in [6.07, 6.45) is 2.21. The van der Waals surface area contributed by atoms with Gasteiger partial charge in [-0.3, -0.25) is 4.79 Å². The highest BCUT2D eigenvalue weighted by Crippen LogP contribution is 2.34. The first kappa shape index (κ1) is 13.7. The van der Waals surface area contributed by atoms with E-state index in [1.54, 1.807) is 11.9 Å². The molecule has 1 saturated carbocycles. The lowest BCUT2D eigenvalue weighted by Crippen LogP contribution is -2.37. The molecule has 1 aromatic rings. The van der Waals surface area contributed by atoms with Gasteiger partial charge in [0, 0.05) is 18.4 Å². The summed E-state index contributed by atoms with van der Waals surface area (Å²) < 4.78 is 0. The van der Waals surface area contributed by atoms with E-state index in [2.05, 4.69) is 15.9 Å². The number of hydrogen-bond acceptors (Lipinski definition) is 2. The standard InChI is InChI=1S/C13H15BrClNO2/c1-16(7-8-4-9(14)5-8)13(18)11-6-10(17)2-3-12(11)15/h2-3,6,8-9,17H,4-5,7H2,1H3. The molecule has 0 aromatic heterocycles. The molecule has 18 heavy (non-hydrogen) atoms. The number of phenolic OH excluding ortho intramolecular Hbond substituents is 1. The lowest BCUT2D eigenvalue weighted by molar-refractivity contribution is 0.0748. The maximum atomic E-state index is 12.2. The van der Waals surface area contributed by atoms with Gasteiger partial charge in [0.1, 0.15) is 5.75 Å². The van der Waals surface area contributed by atoms with E-state index in [1.807, 2.05) is 0 Å². The summed E-state index contributed by atoms with van der Waals surface area (Å²) in [4.78, 5) is 14.5. The monoisotopic (exact) mass is 331 g/mol. The Hall–Kier alpha value is -0.740. The Bertz CT molecular complexity index is 460. The number of carbonyl (C=O) groups excluding carboxylic acids is 1. The summed E-state index contributed by atoms with van der Waals surface area (Å²) in [5.41, 5.74) is 0.355. The fourth-order valence-electron chi connectivity index (χ4n) is 2.16. The van der Waals surface area contributed by atoms with E-state index in [1.165, 1.54) is 18.2 Å². The summed E-state index contributed by atoms with van der Waals surface area (Å²) in [5, 5.41) is 9.78. The normalized spacial score (nSPS) is 22.4. The Balaban J connectivity index is 2.03. The number of hydrogen-bond donors (Lipinski definition) is 1. The number of rotatable bonds is 3. The average molecular weight is 333 g/mol. The SMILES string of the molecule is CN(CC1CC(Br)C1)C(=O)c1cc(O)ccc1Cl. The maximum Gasteiger partial charge on any atom is 0.255 e. The van der Waals surface area contributed by atoms with Crippen LogP contribution < -0.4 is 0 Å². The zero-order chi connectivity index (χ0) is 13.3. The lowest BCUT2D eigenvalue weighted by Gasteiger charge is -2.34. The van der Waals surface area contributed by atoms with Crippen molar-refractivity contribution in [1.29, 1.82) is 0 Å². The summed E-state index contributed by atoms with van der Waals surface area (Å²) in [6, 6.07) is 4.42. The number of halogens is 2. The Morgan fingerprint density at radius 2 is 2.22 bits per heavy atom. The van der Waals surface area contributed by atoms with E-state index in [4.69, 9.17) is 11.6 Å². The Morgan fingerprint density at radius 3 is 2.83 bits per heavy atom. The summed E-state index contributed by atoms with van der Waals surface area (Å²) in [6.45, 7) is 0.729. The number of phenols is 1. The molecule has 0 radical (unpaired) electrons. The quantitative estimate of drug-likeness (QED) is 0.863. The van der Waals surface area contributed by atoms with E-state index in [9.17, 15) is 9.90 Å². The molecule has 0 unspecified atom stereocenters. The molecule has 98 valence electrons. The smallest absolute Gasteiger partial charge is 0.255 e. The Labute approximate surface area is 120 Å². The van der Waals surface area contributed by atoms with Crippen LogP contribution in [0.4, 0.5) is 0 Å². The first-order valence-corrected chi connectivity index (χ1v) is 7.14.